The lowest BCUT2D eigenvalue weighted by atomic mass is 10.0. The highest BCUT2D eigenvalue weighted by molar-refractivity contribution is 6.01. The van der Waals surface area contributed by atoms with Crippen LogP contribution in [0.25, 0.3) is 10.9 Å². The molecule has 0 aliphatic carbocycles. The van der Waals surface area contributed by atoms with Crippen molar-refractivity contribution in [2.75, 3.05) is 6.54 Å². The van der Waals surface area contributed by atoms with Crippen LogP contribution >= 0.6 is 0 Å². The molecule has 0 aliphatic rings. The third-order valence-electron chi connectivity index (χ3n) is 4.25. The molecule has 29 heavy (non-hydrogen) atoms. The van der Waals surface area contributed by atoms with Crippen LogP contribution < -0.4 is 16.0 Å². The third-order valence-corrected chi connectivity index (χ3v) is 4.25. The topological polar surface area (TPSA) is 116 Å². The summed E-state index contributed by atoms with van der Waals surface area (Å²) in [5.74, 6) is -0.584. The Balaban J connectivity index is 2.20. The fraction of sp³-hybridized carbons (Fsp3) is 0.429. The highest BCUT2D eigenvalue weighted by atomic mass is 16.2. The monoisotopic (exact) mass is 397 g/mol. The summed E-state index contributed by atoms with van der Waals surface area (Å²) >= 11 is 0. The first-order chi connectivity index (χ1) is 13.7. The van der Waals surface area contributed by atoms with Crippen molar-refractivity contribution in [3.63, 3.8) is 0 Å². The maximum atomic E-state index is 12.7. The van der Waals surface area contributed by atoms with E-state index in [1.165, 1.54) is 4.57 Å². The van der Waals surface area contributed by atoms with Gasteiger partial charge in [0.05, 0.1) is 11.6 Å². The van der Waals surface area contributed by atoms with Crippen molar-refractivity contribution in [3.05, 3.63) is 36.0 Å². The zero-order valence-corrected chi connectivity index (χ0v) is 17.2. The van der Waals surface area contributed by atoms with Gasteiger partial charge in [0.1, 0.15) is 12.6 Å². The van der Waals surface area contributed by atoms with Crippen molar-refractivity contribution in [2.24, 2.45) is 5.92 Å². The van der Waals surface area contributed by atoms with Crippen LogP contribution in [0.4, 0.5) is 4.79 Å². The van der Waals surface area contributed by atoms with Crippen molar-refractivity contribution in [1.82, 2.24) is 20.5 Å². The second kappa shape index (κ2) is 9.73. The summed E-state index contributed by atoms with van der Waals surface area (Å²) in [5, 5.41) is 17.5. The Morgan fingerprint density at radius 3 is 2.45 bits per heavy atom. The van der Waals surface area contributed by atoms with Crippen molar-refractivity contribution >= 4 is 28.7 Å². The van der Waals surface area contributed by atoms with Gasteiger partial charge in [-0.2, -0.15) is 5.26 Å². The molecule has 0 radical (unpaired) electrons. The number of carbonyl (C=O) groups is 3. The fourth-order valence-electron chi connectivity index (χ4n) is 2.97. The normalized spacial score (nSPS) is 11.9. The Kier molecular flexibility index (Phi) is 7.37. The van der Waals surface area contributed by atoms with E-state index in [-0.39, 0.29) is 36.3 Å². The molecule has 0 spiro atoms. The first-order valence-corrected chi connectivity index (χ1v) is 9.60. The summed E-state index contributed by atoms with van der Waals surface area (Å²) in [6.07, 6.45) is 2.11. The average molecular weight is 397 g/mol. The number of nitriles is 1. The molecule has 0 fully saturated rings. The minimum atomic E-state index is -0.729. The number of rotatable bonds is 7. The van der Waals surface area contributed by atoms with Gasteiger partial charge in [0.2, 0.25) is 5.91 Å². The summed E-state index contributed by atoms with van der Waals surface area (Å²) in [4.78, 5) is 37.2. The highest BCUT2D eigenvalue weighted by Crippen LogP contribution is 2.18. The van der Waals surface area contributed by atoms with E-state index in [1.54, 1.807) is 30.5 Å². The molecule has 1 heterocycles. The van der Waals surface area contributed by atoms with E-state index in [2.05, 4.69) is 16.0 Å². The number of fused-ring (bicyclic) bond motifs is 1. The second-order valence-corrected chi connectivity index (χ2v) is 7.60. The van der Waals surface area contributed by atoms with E-state index in [0.29, 0.717) is 17.5 Å². The largest absolute Gasteiger partial charge is 0.341 e. The van der Waals surface area contributed by atoms with Crippen LogP contribution in [-0.2, 0) is 4.79 Å². The zero-order valence-electron chi connectivity index (χ0n) is 17.2. The number of benzene rings is 1. The molecule has 2 aromatic rings. The van der Waals surface area contributed by atoms with Gasteiger partial charge < -0.3 is 16.0 Å². The van der Waals surface area contributed by atoms with Gasteiger partial charge in [-0.3, -0.25) is 14.2 Å². The van der Waals surface area contributed by atoms with Crippen molar-refractivity contribution < 1.29 is 14.4 Å². The van der Waals surface area contributed by atoms with E-state index in [4.69, 9.17) is 5.26 Å². The minimum Gasteiger partial charge on any atom is -0.341 e. The molecule has 8 nitrogen and oxygen atoms in total. The van der Waals surface area contributed by atoms with Crippen molar-refractivity contribution in [2.45, 2.75) is 46.2 Å². The molecule has 2 rings (SSSR count). The summed E-state index contributed by atoms with van der Waals surface area (Å²) in [6, 6.07) is 7.67. The number of carbonyl (C=O) groups excluding carboxylic acids is 3. The quantitative estimate of drug-likeness (QED) is 0.622. The van der Waals surface area contributed by atoms with Crippen LogP contribution in [0.5, 0.6) is 0 Å². The van der Waals surface area contributed by atoms with Crippen LogP contribution in [0.1, 0.15) is 44.5 Å². The minimum absolute atomic E-state index is 0.00933. The van der Waals surface area contributed by atoms with Gasteiger partial charge >= 0.3 is 6.03 Å². The van der Waals surface area contributed by atoms with Crippen LogP contribution in [0.2, 0.25) is 0 Å². The molecule has 0 saturated carbocycles. The van der Waals surface area contributed by atoms with Gasteiger partial charge in [0.25, 0.3) is 5.91 Å². The lowest BCUT2D eigenvalue weighted by Gasteiger charge is -2.19. The first-order valence-electron chi connectivity index (χ1n) is 9.60. The van der Waals surface area contributed by atoms with E-state index >= 15 is 0 Å². The van der Waals surface area contributed by atoms with E-state index in [0.717, 1.165) is 5.39 Å². The molecule has 0 bridgehead atoms. The molecule has 154 valence electrons. The zero-order chi connectivity index (χ0) is 21.6. The molecule has 8 heteroatoms. The molecule has 0 saturated heterocycles. The Labute approximate surface area is 170 Å². The Morgan fingerprint density at radius 1 is 1.10 bits per heavy atom. The second-order valence-electron chi connectivity index (χ2n) is 7.60. The maximum absolute atomic E-state index is 12.7. The standard InChI is InChI=1S/C21H27N5O3/c1-13(2)11-17(20(28)23-9-8-22)25-19(27)16-5-6-18-15(12-16)7-10-26(18)21(29)24-14(3)4/h5-7,10,12-14,17H,9,11H2,1-4H3,(H,23,28)(H,24,29)(H,25,27). The van der Waals surface area contributed by atoms with Gasteiger partial charge in [-0.05, 0) is 50.5 Å². The third kappa shape index (κ3) is 5.82. The van der Waals surface area contributed by atoms with Gasteiger partial charge in [0, 0.05) is 23.2 Å². The lowest BCUT2D eigenvalue weighted by molar-refractivity contribution is -0.123. The summed E-state index contributed by atoms with van der Waals surface area (Å²) in [5.41, 5.74) is 1.08. The predicted molar refractivity (Wildman–Crippen MR) is 110 cm³/mol. The molecule has 1 atom stereocenters. The van der Waals surface area contributed by atoms with E-state index in [1.807, 2.05) is 33.8 Å². The highest BCUT2D eigenvalue weighted by Gasteiger charge is 2.22. The van der Waals surface area contributed by atoms with Crippen molar-refractivity contribution in [1.29, 1.82) is 5.26 Å². The van der Waals surface area contributed by atoms with Gasteiger partial charge in [-0.25, -0.2) is 4.79 Å². The smallest absolute Gasteiger partial charge is 0.326 e. The molecule has 3 N–H and O–H groups in total. The molecule has 1 aromatic carbocycles. The Bertz CT molecular complexity index is 939. The summed E-state index contributed by atoms with van der Waals surface area (Å²) < 4.78 is 1.49. The number of nitrogens with one attached hydrogen (secondary N) is 3. The Morgan fingerprint density at radius 2 is 1.83 bits per heavy atom. The fourth-order valence-corrected chi connectivity index (χ4v) is 2.97. The first kappa shape index (κ1) is 22.0. The number of nitrogens with zero attached hydrogens (tertiary/aromatic N) is 2. The van der Waals surface area contributed by atoms with Gasteiger partial charge in [-0.1, -0.05) is 13.8 Å². The van der Waals surface area contributed by atoms with Crippen LogP contribution in [0.15, 0.2) is 30.5 Å². The van der Waals surface area contributed by atoms with Crippen LogP contribution in [-0.4, -0.2) is 41.0 Å². The number of amides is 3. The van der Waals surface area contributed by atoms with Crippen LogP contribution in [0, 0.1) is 17.2 Å². The number of hydrogen-bond acceptors (Lipinski definition) is 4. The van der Waals surface area contributed by atoms with Gasteiger partial charge in [0.15, 0.2) is 0 Å². The lowest BCUT2D eigenvalue weighted by Crippen LogP contribution is -2.47. The molecular weight excluding hydrogens is 370 g/mol. The van der Waals surface area contributed by atoms with E-state index < -0.39 is 6.04 Å². The molecule has 0 aliphatic heterocycles. The van der Waals surface area contributed by atoms with Crippen LogP contribution in [0.3, 0.4) is 0 Å². The van der Waals surface area contributed by atoms with Crippen molar-refractivity contribution in [3.8, 4) is 6.07 Å². The maximum Gasteiger partial charge on any atom is 0.326 e. The number of hydrogen-bond donors (Lipinski definition) is 3. The summed E-state index contributed by atoms with van der Waals surface area (Å²) in [7, 11) is 0. The molecule has 1 aromatic heterocycles. The summed E-state index contributed by atoms with van der Waals surface area (Å²) in [6.45, 7) is 7.56. The molecule has 3 amide bonds. The van der Waals surface area contributed by atoms with E-state index in [9.17, 15) is 14.4 Å². The SMILES string of the molecule is CC(C)CC(NC(=O)c1ccc2c(ccn2C(=O)NC(C)C)c1)C(=O)NCC#N. The Hall–Kier alpha value is -3.34. The molecule has 1 unspecified atom stereocenters. The average Bonchev–Trinajstić information content (AvgIpc) is 3.07. The number of aromatic nitrogens is 1. The molecular formula is C21H27N5O3. The van der Waals surface area contributed by atoms with Gasteiger partial charge in [-0.15, -0.1) is 0 Å². The predicted octanol–water partition coefficient (Wildman–Crippen LogP) is 2.39.